The second-order valence-electron chi connectivity index (χ2n) is 16.0. The number of nitrogens with one attached hydrogen (secondary N) is 5. The highest BCUT2D eigenvalue weighted by Crippen LogP contribution is 2.40. The number of aryl methyl sites for hydroxylation is 2. The average molecular weight is 913 g/mol. The number of aliphatic hydroxyl groups is 1. The standard InChI is InChI=1S/C47H64N10O9/c1-5-6-7-30-8-11-33(28(2)24-30)43(60)54-36(15-21-58)45(62)55-37(14-16-48)47(64)57(4)41-32-10-13-40(66-23-19-51)35(27-32)34-25-31(9-12-39(34)65-22-18-50)26-38(44(61)52-20-17-49)56-42(59)29(3)53-46(41)63/h8-13,24-25,27,29,36-38,41,58H,5-7,14-16,18-23,26,48,50-51H2,1-4H3,(H,52,61)(H,53,63)(H,54,60)(H,55,62)(H,56,59)/t29-,36+,37-,38-,41-/m0/s1. The quantitative estimate of drug-likeness (QED) is 0.0654. The van der Waals surface area contributed by atoms with E-state index in [-0.39, 0.29) is 64.2 Å². The maximum absolute atomic E-state index is 14.7. The molecule has 0 spiro atoms. The molecule has 12 N–H and O–H groups in total. The summed E-state index contributed by atoms with van der Waals surface area (Å²) in [5.41, 5.74) is 21.5. The Labute approximate surface area is 385 Å². The molecule has 356 valence electrons. The normalized spacial score (nSPS) is 16.8. The smallest absolute Gasteiger partial charge is 0.252 e. The number of aliphatic hydroxyl groups excluding tert-OH is 1. The highest BCUT2D eigenvalue weighted by atomic mass is 16.5. The number of rotatable bonds is 21. The summed E-state index contributed by atoms with van der Waals surface area (Å²) in [5, 5.41) is 32.3. The maximum Gasteiger partial charge on any atom is 0.252 e. The summed E-state index contributed by atoms with van der Waals surface area (Å²) in [7, 11) is 1.36. The van der Waals surface area contributed by atoms with Crippen molar-refractivity contribution in [1.29, 1.82) is 5.26 Å². The fraction of sp³-hybridized carbons (Fsp3) is 0.468. The van der Waals surface area contributed by atoms with E-state index in [2.05, 4.69) is 33.5 Å². The zero-order valence-corrected chi connectivity index (χ0v) is 38.1. The molecule has 3 aromatic rings. The molecule has 19 heteroatoms. The molecule has 1 aliphatic heterocycles. The lowest BCUT2D eigenvalue weighted by molar-refractivity contribution is -0.143. The van der Waals surface area contributed by atoms with Crippen molar-refractivity contribution in [1.82, 2.24) is 31.5 Å². The van der Waals surface area contributed by atoms with E-state index in [0.29, 0.717) is 39.3 Å². The minimum absolute atomic E-state index is 0.0185. The Kier molecular flexibility index (Phi) is 20.3. The largest absolute Gasteiger partial charge is 0.492 e. The minimum Gasteiger partial charge on any atom is -0.492 e. The van der Waals surface area contributed by atoms with Crippen molar-refractivity contribution in [3.05, 3.63) is 82.4 Å². The van der Waals surface area contributed by atoms with Crippen LogP contribution in [0.1, 0.15) is 78.2 Å². The third-order valence-electron chi connectivity index (χ3n) is 11.0. The molecule has 5 atom stereocenters. The Morgan fingerprint density at radius 1 is 0.894 bits per heavy atom. The first kappa shape index (κ1) is 52.0. The second-order valence-corrected chi connectivity index (χ2v) is 16.0. The summed E-state index contributed by atoms with van der Waals surface area (Å²) < 4.78 is 12.1. The molecule has 0 fully saturated rings. The van der Waals surface area contributed by atoms with E-state index in [4.69, 9.17) is 31.9 Å². The van der Waals surface area contributed by atoms with Crippen LogP contribution in [0.15, 0.2) is 54.6 Å². The van der Waals surface area contributed by atoms with Crippen LogP contribution in [-0.2, 0) is 36.8 Å². The number of nitrogens with zero attached hydrogens (tertiary/aromatic N) is 2. The zero-order chi connectivity index (χ0) is 48.3. The fourth-order valence-electron chi connectivity index (χ4n) is 7.55. The maximum atomic E-state index is 14.7. The first-order valence-electron chi connectivity index (χ1n) is 22.2. The van der Waals surface area contributed by atoms with E-state index in [9.17, 15) is 33.9 Å². The van der Waals surface area contributed by atoms with Gasteiger partial charge in [-0.15, -0.1) is 0 Å². The van der Waals surface area contributed by atoms with Crippen molar-refractivity contribution in [2.75, 3.05) is 53.0 Å². The van der Waals surface area contributed by atoms with Crippen molar-refractivity contribution >= 4 is 35.4 Å². The van der Waals surface area contributed by atoms with Crippen LogP contribution < -0.4 is 53.3 Å². The number of hydrogen-bond acceptors (Lipinski definition) is 13. The number of likely N-dealkylation sites (N-methyl/N-ethyl adjacent to an activating group) is 1. The molecule has 4 rings (SSSR count). The van der Waals surface area contributed by atoms with Gasteiger partial charge in [-0.25, -0.2) is 0 Å². The molecule has 3 aromatic carbocycles. The molecule has 6 amide bonds. The van der Waals surface area contributed by atoms with Gasteiger partial charge in [0.1, 0.15) is 61.5 Å². The number of carbonyl (C=O) groups is 6. The number of benzene rings is 3. The van der Waals surface area contributed by atoms with Gasteiger partial charge >= 0.3 is 0 Å². The van der Waals surface area contributed by atoms with E-state index in [1.807, 2.05) is 18.2 Å². The van der Waals surface area contributed by atoms with Crippen LogP contribution in [0, 0.1) is 18.3 Å². The van der Waals surface area contributed by atoms with Gasteiger partial charge in [-0.3, -0.25) is 28.8 Å². The van der Waals surface area contributed by atoms with Gasteiger partial charge in [0.2, 0.25) is 29.5 Å². The Morgan fingerprint density at radius 3 is 2.20 bits per heavy atom. The zero-order valence-electron chi connectivity index (χ0n) is 38.1. The van der Waals surface area contributed by atoms with Crippen molar-refractivity contribution in [2.45, 2.75) is 89.5 Å². The number of ether oxygens (including phenoxy) is 2. The van der Waals surface area contributed by atoms with Crippen molar-refractivity contribution < 1.29 is 43.3 Å². The molecular weight excluding hydrogens is 849 g/mol. The first-order chi connectivity index (χ1) is 31.7. The van der Waals surface area contributed by atoms with Crippen LogP contribution in [0.3, 0.4) is 0 Å². The topological polar surface area (TPSA) is 306 Å². The van der Waals surface area contributed by atoms with Gasteiger partial charge in [0.05, 0.1) is 6.07 Å². The number of nitrogens with two attached hydrogens (primary N) is 3. The lowest BCUT2D eigenvalue weighted by Gasteiger charge is -2.33. The molecule has 0 unspecified atom stereocenters. The Bertz CT molecular complexity index is 2230. The van der Waals surface area contributed by atoms with E-state index >= 15 is 0 Å². The SMILES string of the molecule is CCCCc1ccc(C(=O)N[C@H](CCO)C(=O)N[C@@H](CCN)C(=O)N(C)[C@@H]2C(=O)N[C@@H](C)C(=O)N[C@H](C(=O)NCC#N)Cc3ccc(OCCN)c(c3)-c3cc2ccc3OCCN)c(C)c1. The summed E-state index contributed by atoms with van der Waals surface area (Å²) in [4.78, 5) is 84.8. The molecule has 1 aliphatic rings. The van der Waals surface area contributed by atoms with Crippen LogP contribution in [0.4, 0.5) is 0 Å². The van der Waals surface area contributed by atoms with Crippen LogP contribution in [0.5, 0.6) is 11.5 Å². The van der Waals surface area contributed by atoms with E-state index in [0.717, 1.165) is 29.7 Å². The number of carbonyl (C=O) groups excluding carboxylic acids is 6. The molecule has 19 nitrogen and oxygen atoms in total. The van der Waals surface area contributed by atoms with Crippen molar-refractivity contribution in [3.63, 3.8) is 0 Å². The van der Waals surface area contributed by atoms with Crippen LogP contribution in [-0.4, -0.2) is 123 Å². The third-order valence-corrected chi connectivity index (χ3v) is 11.0. The fourth-order valence-corrected chi connectivity index (χ4v) is 7.55. The van der Waals surface area contributed by atoms with Gasteiger partial charge in [-0.2, -0.15) is 5.26 Å². The number of hydrogen-bond donors (Lipinski definition) is 9. The summed E-state index contributed by atoms with van der Waals surface area (Å²) >= 11 is 0. The number of unbranched alkanes of at least 4 members (excludes halogenated alkanes) is 1. The molecular formula is C47H64N10O9. The molecule has 0 saturated heterocycles. The molecule has 0 radical (unpaired) electrons. The molecule has 0 aliphatic carbocycles. The molecule has 1 heterocycles. The lowest BCUT2D eigenvalue weighted by atomic mass is 9.93. The minimum atomic E-state index is -1.46. The average Bonchev–Trinajstić information content (AvgIpc) is 3.30. The highest BCUT2D eigenvalue weighted by Gasteiger charge is 2.37. The Morgan fingerprint density at radius 2 is 1.58 bits per heavy atom. The predicted molar refractivity (Wildman–Crippen MR) is 247 cm³/mol. The van der Waals surface area contributed by atoms with E-state index in [1.165, 1.54) is 14.0 Å². The molecule has 4 bridgehead atoms. The number of amides is 6. The van der Waals surface area contributed by atoms with Gasteiger partial charge in [0.25, 0.3) is 5.91 Å². The summed E-state index contributed by atoms with van der Waals surface area (Å²) in [6.07, 6.45) is 2.60. The third kappa shape index (κ3) is 14.0. The van der Waals surface area contributed by atoms with E-state index in [1.54, 1.807) is 49.4 Å². The molecule has 0 saturated carbocycles. The van der Waals surface area contributed by atoms with Gasteiger partial charge in [-0.05, 0) is 98.7 Å². The second kappa shape index (κ2) is 25.8. The van der Waals surface area contributed by atoms with Crippen LogP contribution >= 0.6 is 0 Å². The lowest BCUT2D eigenvalue weighted by Crippen LogP contribution is -2.57. The molecule has 66 heavy (non-hydrogen) atoms. The predicted octanol–water partition coefficient (Wildman–Crippen LogP) is 0.379. The summed E-state index contributed by atoms with van der Waals surface area (Å²) in [6.45, 7) is 5.05. The Balaban J connectivity index is 1.78. The highest BCUT2D eigenvalue weighted by molar-refractivity contribution is 6.00. The van der Waals surface area contributed by atoms with Crippen LogP contribution in [0.25, 0.3) is 11.1 Å². The van der Waals surface area contributed by atoms with Gasteiger partial charge in [-0.1, -0.05) is 37.6 Å². The first-order valence-corrected chi connectivity index (χ1v) is 22.2. The van der Waals surface area contributed by atoms with Crippen molar-refractivity contribution in [3.8, 4) is 28.7 Å². The summed E-state index contributed by atoms with van der Waals surface area (Å²) in [6, 6.07) is 10.9. The number of fused-ring (bicyclic) bond motifs is 5. The van der Waals surface area contributed by atoms with Gasteiger partial charge in [0, 0.05) is 49.9 Å². The van der Waals surface area contributed by atoms with Crippen molar-refractivity contribution in [2.24, 2.45) is 17.2 Å². The summed E-state index contributed by atoms with van der Waals surface area (Å²) in [5.74, 6) is -3.50. The van der Waals surface area contributed by atoms with Crippen LogP contribution in [0.2, 0.25) is 0 Å². The van der Waals surface area contributed by atoms with E-state index < -0.39 is 72.3 Å². The van der Waals surface area contributed by atoms with Gasteiger partial charge < -0.3 is 63.3 Å². The monoisotopic (exact) mass is 912 g/mol. The molecule has 0 aromatic heterocycles. The Hall–Kier alpha value is -6.59. The number of nitriles is 1. The van der Waals surface area contributed by atoms with Gasteiger partial charge in [0.15, 0.2) is 0 Å².